The first-order valence-electron chi connectivity index (χ1n) is 17.7. The Morgan fingerprint density at radius 2 is 0.923 bits per heavy atom. The van der Waals surface area contributed by atoms with Crippen LogP contribution in [-0.2, 0) is 5.41 Å². The lowest BCUT2D eigenvalue weighted by Crippen LogP contribution is -2.14. The van der Waals surface area contributed by atoms with E-state index in [-0.39, 0.29) is 5.41 Å². The second-order valence-corrected chi connectivity index (χ2v) is 15.1. The van der Waals surface area contributed by atoms with Gasteiger partial charge in [0.15, 0.2) is 17.5 Å². The molecular weight excluding hydrogens is 651 g/mol. The maximum absolute atomic E-state index is 5.08. The van der Waals surface area contributed by atoms with Crippen molar-refractivity contribution in [2.24, 2.45) is 0 Å². The van der Waals surface area contributed by atoms with Crippen molar-refractivity contribution < 1.29 is 0 Å². The van der Waals surface area contributed by atoms with Crippen LogP contribution in [0.25, 0.3) is 87.7 Å². The maximum atomic E-state index is 5.08. The van der Waals surface area contributed by atoms with Crippen molar-refractivity contribution in [2.75, 3.05) is 0 Å². The van der Waals surface area contributed by atoms with Crippen LogP contribution in [0.1, 0.15) is 25.0 Å². The van der Waals surface area contributed by atoms with Crippen molar-refractivity contribution in [3.8, 4) is 67.5 Å². The van der Waals surface area contributed by atoms with Crippen molar-refractivity contribution >= 4 is 31.5 Å². The van der Waals surface area contributed by atoms with Crippen LogP contribution >= 0.6 is 11.3 Å². The number of fused-ring (bicyclic) bond motifs is 6. The molecule has 1 aliphatic rings. The van der Waals surface area contributed by atoms with Gasteiger partial charge in [0, 0.05) is 42.3 Å². The van der Waals surface area contributed by atoms with E-state index in [0.29, 0.717) is 17.5 Å². The second kappa shape index (κ2) is 11.9. The third kappa shape index (κ3) is 4.98. The van der Waals surface area contributed by atoms with Crippen LogP contribution in [0.4, 0.5) is 0 Å². The molecule has 0 fully saturated rings. The van der Waals surface area contributed by atoms with Crippen LogP contribution in [-0.4, -0.2) is 15.0 Å². The highest BCUT2D eigenvalue weighted by Crippen LogP contribution is 2.49. The monoisotopic (exact) mass is 683 g/mol. The molecule has 0 saturated carbocycles. The summed E-state index contributed by atoms with van der Waals surface area (Å²) in [6.07, 6.45) is 0. The summed E-state index contributed by atoms with van der Waals surface area (Å²) in [5.41, 5.74) is 13.3. The van der Waals surface area contributed by atoms with Crippen LogP contribution in [0.15, 0.2) is 164 Å². The minimum Gasteiger partial charge on any atom is -0.208 e. The number of aromatic nitrogens is 3. The molecule has 0 aliphatic heterocycles. The van der Waals surface area contributed by atoms with Gasteiger partial charge in [-0.15, -0.1) is 11.3 Å². The summed E-state index contributed by atoms with van der Waals surface area (Å²) in [6, 6.07) is 58.4. The molecule has 0 atom stereocenters. The minimum absolute atomic E-state index is 0.0105. The molecule has 0 N–H and O–H groups in total. The normalized spacial score (nSPS) is 13.0. The third-order valence-electron chi connectivity index (χ3n) is 10.6. The first-order valence-corrected chi connectivity index (χ1v) is 18.5. The molecule has 7 aromatic carbocycles. The maximum Gasteiger partial charge on any atom is 0.164 e. The summed E-state index contributed by atoms with van der Waals surface area (Å²) >= 11 is 1.81. The highest BCUT2D eigenvalue weighted by atomic mass is 32.1. The summed E-state index contributed by atoms with van der Waals surface area (Å²) < 4.78 is 2.45. The van der Waals surface area contributed by atoms with E-state index >= 15 is 0 Å². The number of rotatable bonds is 5. The average Bonchev–Trinajstić information content (AvgIpc) is 3.70. The van der Waals surface area contributed by atoms with Crippen LogP contribution in [0.3, 0.4) is 0 Å². The molecule has 1 aliphatic carbocycles. The lowest BCUT2D eigenvalue weighted by Gasteiger charge is -2.21. The van der Waals surface area contributed by atoms with Crippen LogP contribution < -0.4 is 0 Å². The molecule has 246 valence electrons. The highest BCUT2D eigenvalue weighted by molar-refractivity contribution is 7.26. The van der Waals surface area contributed by atoms with Gasteiger partial charge in [0.25, 0.3) is 0 Å². The van der Waals surface area contributed by atoms with Gasteiger partial charge in [0.1, 0.15) is 0 Å². The Kier molecular flexibility index (Phi) is 7.02. The lowest BCUT2D eigenvalue weighted by molar-refractivity contribution is 0.660. The minimum atomic E-state index is 0.0105. The summed E-state index contributed by atoms with van der Waals surface area (Å²) in [5, 5.41) is 2.38. The zero-order chi connectivity index (χ0) is 34.8. The molecule has 10 rings (SSSR count). The fourth-order valence-electron chi connectivity index (χ4n) is 7.88. The zero-order valence-electron chi connectivity index (χ0n) is 28.8. The zero-order valence-corrected chi connectivity index (χ0v) is 29.7. The molecule has 0 unspecified atom stereocenters. The predicted molar refractivity (Wildman–Crippen MR) is 217 cm³/mol. The smallest absolute Gasteiger partial charge is 0.164 e. The van der Waals surface area contributed by atoms with E-state index in [1.807, 2.05) is 47.7 Å². The molecule has 0 radical (unpaired) electrons. The van der Waals surface area contributed by atoms with Gasteiger partial charge in [0.2, 0.25) is 0 Å². The van der Waals surface area contributed by atoms with Crippen molar-refractivity contribution in [3.05, 3.63) is 175 Å². The molecule has 9 aromatic rings. The number of hydrogen-bond donors (Lipinski definition) is 0. The van der Waals surface area contributed by atoms with Crippen molar-refractivity contribution in [1.29, 1.82) is 0 Å². The Morgan fingerprint density at radius 1 is 0.385 bits per heavy atom. The van der Waals surface area contributed by atoms with Crippen molar-refractivity contribution in [1.82, 2.24) is 15.0 Å². The number of hydrogen-bond acceptors (Lipinski definition) is 4. The molecule has 52 heavy (non-hydrogen) atoms. The second-order valence-electron chi connectivity index (χ2n) is 14.0. The largest absolute Gasteiger partial charge is 0.208 e. The van der Waals surface area contributed by atoms with E-state index in [1.54, 1.807) is 0 Å². The third-order valence-corrected chi connectivity index (χ3v) is 11.7. The lowest BCUT2D eigenvalue weighted by atomic mass is 9.82. The Labute approximate surface area is 307 Å². The van der Waals surface area contributed by atoms with Gasteiger partial charge in [-0.1, -0.05) is 153 Å². The van der Waals surface area contributed by atoms with Gasteiger partial charge in [-0.3, -0.25) is 0 Å². The van der Waals surface area contributed by atoms with E-state index in [1.165, 1.54) is 64.7 Å². The highest BCUT2D eigenvalue weighted by Gasteiger charge is 2.35. The fourth-order valence-corrected chi connectivity index (χ4v) is 8.99. The fraction of sp³-hybridized carbons (Fsp3) is 0.0625. The molecule has 0 amide bonds. The predicted octanol–water partition coefficient (Wildman–Crippen LogP) is 12.9. The quantitative estimate of drug-likeness (QED) is 0.181. The number of benzene rings is 7. The van der Waals surface area contributed by atoms with Crippen molar-refractivity contribution in [2.45, 2.75) is 19.3 Å². The van der Waals surface area contributed by atoms with E-state index in [4.69, 9.17) is 15.0 Å². The Hall–Kier alpha value is -6.23. The SMILES string of the molecule is CC1(C)c2ccccc2-c2cc(-c3ccc(-c4ccc5sc6cccc(-c7nc(-c8ccccc8)nc(-c8ccccc8)n7)c6c5c4)cc3)ccc21. The van der Waals surface area contributed by atoms with E-state index in [9.17, 15) is 0 Å². The Morgan fingerprint density at radius 3 is 1.62 bits per heavy atom. The van der Waals surface area contributed by atoms with Crippen molar-refractivity contribution in [3.63, 3.8) is 0 Å². The molecule has 0 saturated heterocycles. The molecule has 2 heterocycles. The van der Waals surface area contributed by atoms with Crippen LogP contribution in [0, 0.1) is 0 Å². The van der Waals surface area contributed by atoms with Gasteiger partial charge >= 0.3 is 0 Å². The topological polar surface area (TPSA) is 38.7 Å². The molecule has 0 spiro atoms. The standard InChI is InChI=1S/C48H33N3S/c1-48(2)40-18-10-9-16-36(40)38-28-34(24-26-41(38)48)30-20-22-31(23-21-30)35-25-27-42-39(29-35)44-37(17-11-19-43(44)52-42)47-50-45(32-12-5-3-6-13-32)49-46(51-47)33-14-7-4-8-15-33/h3-29H,1-2H3. The number of nitrogens with zero attached hydrogens (tertiary/aromatic N) is 3. The average molecular weight is 684 g/mol. The van der Waals surface area contributed by atoms with Crippen LogP contribution in [0.2, 0.25) is 0 Å². The summed E-state index contributed by atoms with van der Waals surface area (Å²) in [4.78, 5) is 15.1. The number of thiophene rings is 1. The van der Waals surface area contributed by atoms with Gasteiger partial charge in [0.05, 0.1) is 0 Å². The van der Waals surface area contributed by atoms with Gasteiger partial charge in [-0.05, 0) is 68.8 Å². The molecule has 3 nitrogen and oxygen atoms in total. The molecular formula is C48H33N3S. The van der Waals surface area contributed by atoms with Gasteiger partial charge in [-0.25, -0.2) is 15.0 Å². The summed E-state index contributed by atoms with van der Waals surface area (Å²) in [6.45, 7) is 4.66. The van der Waals surface area contributed by atoms with E-state index in [2.05, 4.69) is 141 Å². The molecule has 4 heteroatoms. The Balaban J connectivity index is 1.06. The first-order chi connectivity index (χ1) is 25.5. The van der Waals surface area contributed by atoms with Crippen LogP contribution in [0.5, 0.6) is 0 Å². The Bertz CT molecular complexity index is 2740. The molecule has 0 bridgehead atoms. The summed E-state index contributed by atoms with van der Waals surface area (Å²) in [7, 11) is 0. The van der Waals surface area contributed by atoms with E-state index in [0.717, 1.165) is 16.7 Å². The molecule has 2 aromatic heterocycles. The van der Waals surface area contributed by atoms with Gasteiger partial charge in [-0.2, -0.15) is 0 Å². The van der Waals surface area contributed by atoms with E-state index < -0.39 is 0 Å². The van der Waals surface area contributed by atoms with Gasteiger partial charge < -0.3 is 0 Å². The summed E-state index contributed by atoms with van der Waals surface area (Å²) in [5.74, 6) is 2.00. The first kappa shape index (κ1) is 30.6.